The van der Waals surface area contributed by atoms with E-state index in [9.17, 15) is 0 Å². The fourth-order valence-corrected chi connectivity index (χ4v) is 1.49. The highest BCUT2D eigenvalue weighted by Crippen LogP contribution is 2.23. The number of nitrogens with zero attached hydrogens (tertiary/aromatic N) is 1. The number of pyridine rings is 1. The van der Waals surface area contributed by atoms with Crippen molar-refractivity contribution in [3.8, 4) is 5.75 Å². The molecule has 0 saturated carbocycles. The van der Waals surface area contributed by atoms with Gasteiger partial charge in [-0.15, -0.1) is 0 Å². The molecule has 0 fully saturated rings. The van der Waals surface area contributed by atoms with E-state index in [4.69, 9.17) is 4.74 Å². The van der Waals surface area contributed by atoms with Crippen LogP contribution in [0.3, 0.4) is 0 Å². The van der Waals surface area contributed by atoms with Crippen LogP contribution in [0.5, 0.6) is 5.75 Å². The Hall–Kier alpha value is -1.57. The van der Waals surface area contributed by atoms with Gasteiger partial charge >= 0.3 is 0 Å². The second-order valence-electron chi connectivity index (χ2n) is 3.21. The molecule has 72 valence electrons. The lowest BCUT2D eigenvalue weighted by molar-refractivity contribution is 0.343. The van der Waals surface area contributed by atoms with Gasteiger partial charge in [0, 0.05) is 11.1 Å². The molecule has 0 bridgehead atoms. The molecule has 0 spiro atoms. The summed E-state index contributed by atoms with van der Waals surface area (Å²) in [5, 5.41) is 1.13. The van der Waals surface area contributed by atoms with Crippen LogP contribution in [0.2, 0.25) is 0 Å². The van der Waals surface area contributed by atoms with Crippen LogP contribution in [0.25, 0.3) is 10.9 Å². The maximum atomic E-state index is 5.51. The summed E-state index contributed by atoms with van der Waals surface area (Å²) in [6, 6.07) is 10.1. The van der Waals surface area contributed by atoms with Gasteiger partial charge in [-0.1, -0.05) is 18.2 Å². The van der Waals surface area contributed by atoms with Crippen LogP contribution >= 0.6 is 0 Å². The third-order valence-electron chi connectivity index (χ3n) is 2.12. The standard InChI is InChI=1S/C12H13NO/c1-3-14-11-6-4-5-10-8-7-9(2)13-12(10)11/h4-8H,3H2,1-2H3. The first-order valence-corrected chi connectivity index (χ1v) is 4.80. The second kappa shape index (κ2) is 3.66. The minimum atomic E-state index is 0.675. The number of benzene rings is 1. The van der Waals surface area contributed by atoms with Gasteiger partial charge in [0.2, 0.25) is 0 Å². The summed E-state index contributed by atoms with van der Waals surface area (Å²) in [5.41, 5.74) is 1.97. The van der Waals surface area contributed by atoms with Gasteiger partial charge in [-0.2, -0.15) is 0 Å². The Balaban J connectivity index is 2.64. The summed E-state index contributed by atoms with van der Waals surface area (Å²) in [6.07, 6.45) is 0. The average molecular weight is 187 g/mol. The van der Waals surface area contributed by atoms with Crippen molar-refractivity contribution in [3.05, 3.63) is 36.0 Å². The summed E-state index contributed by atoms with van der Waals surface area (Å²) in [4.78, 5) is 4.47. The van der Waals surface area contributed by atoms with Gasteiger partial charge in [-0.3, -0.25) is 0 Å². The van der Waals surface area contributed by atoms with E-state index in [1.807, 2.05) is 38.1 Å². The summed E-state index contributed by atoms with van der Waals surface area (Å²) in [5.74, 6) is 0.869. The number of hydrogen-bond acceptors (Lipinski definition) is 2. The zero-order valence-corrected chi connectivity index (χ0v) is 8.45. The quantitative estimate of drug-likeness (QED) is 0.721. The Morgan fingerprint density at radius 3 is 2.86 bits per heavy atom. The molecular weight excluding hydrogens is 174 g/mol. The average Bonchev–Trinajstić information content (AvgIpc) is 2.19. The van der Waals surface area contributed by atoms with Gasteiger partial charge in [0.05, 0.1) is 6.61 Å². The molecule has 0 atom stereocenters. The van der Waals surface area contributed by atoms with Crippen LogP contribution in [0.4, 0.5) is 0 Å². The van der Waals surface area contributed by atoms with Gasteiger partial charge < -0.3 is 4.74 Å². The first kappa shape index (κ1) is 9.00. The lowest BCUT2D eigenvalue weighted by atomic mass is 10.2. The van der Waals surface area contributed by atoms with E-state index < -0.39 is 0 Å². The minimum absolute atomic E-state index is 0.675. The van der Waals surface area contributed by atoms with Crippen LogP contribution < -0.4 is 4.74 Å². The zero-order chi connectivity index (χ0) is 9.97. The van der Waals surface area contributed by atoms with Crippen LogP contribution in [0, 0.1) is 6.92 Å². The number of rotatable bonds is 2. The van der Waals surface area contributed by atoms with Crippen molar-refractivity contribution in [2.45, 2.75) is 13.8 Å². The monoisotopic (exact) mass is 187 g/mol. The molecule has 2 rings (SSSR count). The third kappa shape index (κ3) is 1.55. The molecule has 2 heteroatoms. The highest BCUT2D eigenvalue weighted by molar-refractivity contribution is 5.84. The van der Waals surface area contributed by atoms with Crippen molar-refractivity contribution >= 4 is 10.9 Å². The van der Waals surface area contributed by atoms with Gasteiger partial charge in [0.1, 0.15) is 11.3 Å². The molecule has 0 aliphatic heterocycles. The Labute approximate surface area is 83.5 Å². The Morgan fingerprint density at radius 2 is 2.07 bits per heavy atom. The molecule has 14 heavy (non-hydrogen) atoms. The molecule has 2 nitrogen and oxygen atoms in total. The van der Waals surface area contributed by atoms with E-state index in [0.717, 1.165) is 22.3 Å². The number of fused-ring (bicyclic) bond motifs is 1. The zero-order valence-electron chi connectivity index (χ0n) is 8.45. The molecular formula is C12H13NO. The summed E-state index contributed by atoms with van der Waals surface area (Å²) in [6.45, 7) is 4.64. The van der Waals surface area contributed by atoms with E-state index in [2.05, 4.69) is 11.1 Å². The van der Waals surface area contributed by atoms with Crippen molar-refractivity contribution < 1.29 is 4.74 Å². The molecule has 1 heterocycles. The van der Waals surface area contributed by atoms with Crippen LogP contribution in [-0.4, -0.2) is 11.6 Å². The maximum absolute atomic E-state index is 5.51. The highest BCUT2D eigenvalue weighted by Gasteiger charge is 2.02. The second-order valence-corrected chi connectivity index (χ2v) is 3.21. The lowest BCUT2D eigenvalue weighted by Crippen LogP contribution is -1.94. The fraction of sp³-hybridized carbons (Fsp3) is 0.250. The number of aromatic nitrogens is 1. The molecule has 0 saturated heterocycles. The van der Waals surface area contributed by atoms with Crippen LogP contribution in [-0.2, 0) is 0 Å². The molecule has 0 radical (unpaired) electrons. The smallest absolute Gasteiger partial charge is 0.145 e. The predicted molar refractivity (Wildman–Crippen MR) is 57.6 cm³/mol. The summed E-state index contributed by atoms with van der Waals surface area (Å²) in [7, 11) is 0. The number of ether oxygens (including phenoxy) is 1. The fourth-order valence-electron chi connectivity index (χ4n) is 1.49. The Morgan fingerprint density at radius 1 is 1.21 bits per heavy atom. The third-order valence-corrected chi connectivity index (χ3v) is 2.12. The van der Waals surface area contributed by atoms with E-state index in [1.165, 1.54) is 0 Å². The molecule has 1 aromatic heterocycles. The van der Waals surface area contributed by atoms with E-state index >= 15 is 0 Å². The molecule has 1 aromatic carbocycles. The predicted octanol–water partition coefficient (Wildman–Crippen LogP) is 2.94. The number of hydrogen-bond donors (Lipinski definition) is 0. The first-order valence-electron chi connectivity index (χ1n) is 4.80. The lowest BCUT2D eigenvalue weighted by Gasteiger charge is -2.06. The molecule has 2 aromatic rings. The van der Waals surface area contributed by atoms with Gasteiger partial charge in [0.25, 0.3) is 0 Å². The largest absolute Gasteiger partial charge is 0.492 e. The molecule has 0 aliphatic rings. The Bertz CT molecular complexity index is 451. The van der Waals surface area contributed by atoms with E-state index in [-0.39, 0.29) is 0 Å². The van der Waals surface area contributed by atoms with Crippen molar-refractivity contribution in [3.63, 3.8) is 0 Å². The molecule has 0 unspecified atom stereocenters. The minimum Gasteiger partial charge on any atom is -0.492 e. The van der Waals surface area contributed by atoms with Gasteiger partial charge in [-0.25, -0.2) is 4.98 Å². The van der Waals surface area contributed by atoms with Crippen molar-refractivity contribution in [1.29, 1.82) is 0 Å². The van der Waals surface area contributed by atoms with E-state index in [1.54, 1.807) is 0 Å². The Kier molecular flexibility index (Phi) is 2.35. The van der Waals surface area contributed by atoms with E-state index in [0.29, 0.717) is 6.61 Å². The van der Waals surface area contributed by atoms with Crippen LogP contribution in [0.15, 0.2) is 30.3 Å². The first-order chi connectivity index (χ1) is 6.81. The SMILES string of the molecule is CCOc1cccc2ccc(C)nc12. The van der Waals surface area contributed by atoms with Gasteiger partial charge in [0.15, 0.2) is 0 Å². The van der Waals surface area contributed by atoms with Crippen molar-refractivity contribution in [2.24, 2.45) is 0 Å². The maximum Gasteiger partial charge on any atom is 0.145 e. The van der Waals surface area contributed by atoms with Crippen LogP contribution in [0.1, 0.15) is 12.6 Å². The molecule has 0 aliphatic carbocycles. The topological polar surface area (TPSA) is 22.1 Å². The number of aryl methyl sites for hydroxylation is 1. The van der Waals surface area contributed by atoms with Crippen molar-refractivity contribution in [2.75, 3.05) is 6.61 Å². The number of para-hydroxylation sites is 1. The molecule has 0 N–H and O–H groups in total. The summed E-state index contributed by atoms with van der Waals surface area (Å²) >= 11 is 0. The highest BCUT2D eigenvalue weighted by atomic mass is 16.5. The normalized spacial score (nSPS) is 10.4. The molecule has 0 amide bonds. The van der Waals surface area contributed by atoms with Gasteiger partial charge in [-0.05, 0) is 26.0 Å². The van der Waals surface area contributed by atoms with Crippen molar-refractivity contribution in [1.82, 2.24) is 4.98 Å². The summed E-state index contributed by atoms with van der Waals surface area (Å²) < 4.78 is 5.51.